The first-order valence-electron chi connectivity index (χ1n) is 8.57. The van der Waals surface area contributed by atoms with Crippen LogP contribution in [0.2, 0.25) is 0 Å². The van der Waals surface area contributed by atoms with E-state index in [0.717, 1.165) is 21.1 Å². The van der Waals surface area contributed by atoms with Crippen molar-refractivity contribution in [2.75, 3.05) is 0 Å². The lowest BCUT2D eigenvalue weighted by molar-refractivity contribution is -0.708. The van der Waals surface area contributed by atoms with Gasteiger partial charge < -0.3 is 10.3 Å². The second kappa shape index (κ2) is 7.15. The molecule has 1 aromatic carbocycles. The van der Waals surface area contributed by atoms with Gasteiger partial charge in [0.15, 0.2) is 5.82 Å². The van der Waals surface area contributed by atoms with Crippen molar-refractivity contribution >= 4 is 32.9 Å². The van der Waals surface area contributed by atoms with Crippen molar-refractivity contribution in [3.05, 3.63) is 74.5 Å². The molecule has 3 aromatic heterocycles. The summed E-state index contributed by atoms with van der Waals surface area (Å²) in [5.74, 6) is 0.723. The van der Waals surface area contributed by atoms with Gasteiger partial charge in [0.1, 0.15) is 17.4 Å². The number of hydrogen-bond donors (Lipinski definition) is 2. The van der Waals surface area contributed by atoms with Crippen LogP contribution in [-0.4, -0.2) is 9.97 Å². The molecule has 0 amide bonds. The fourth-order valence-corrected chi connectivity index (χ4v) is 4.95. The van der Waals surface area contributed by atoms with E-state index in [2.05, 4.69) is 48.4 Å². The number of H-pyrrole nitrogens is 1. The Bertz CT molecular complexity index is 1100. The normalized spacial score (nSPS) is 12.5. The minimum Gasteiger partial charge on any atom is -0.334 e. The van der Waals surface area contributed by atoms with Gasteiger partial charge in [-0.2, -0.15) is 0 Å². The quantitative estimate of drug-likeness (QED) is 0.551. The van der Waals surface area contributed by atoms with Gasteiger partial charge in [-0.3, -0.25) is 4.79 Å². The second-order valence-corrected chi connectivity index (χ2v) is 8.54. The molecule has 4 nitrogen and oxygen atoms in total. The van der Waals surface area contributed by atoms with Gasteiger partial charge in [-0.15, -0.1) is 22.7 Å². The largest absolute Gasteiger partial charge is 0.334 e. The Balaban J connectivity index is 1.59. The van der Waals surface area contributed by atoms with Crippen LogP contribution in [0.15, 0.2) is 52.6 Å². The molecular weight excluding hydrogens is 362 g/mol. The van der Waals surface area contributed by atoms with Gasteiger partial charge in [0.05, 0.1) is 5.39 Å². The molecule has 0 unspecified atom stereocenters. The Labute approximate surface area is 159 Å². The van der Waals surface area contributed by atoms with Crippen LogP contribution in [0.25, 0.3) is 20.7 Å². The SMILES string of the molecule is Cc1ccc(-c2csc3nc(C[NH2+][C@H](C)c4ccccc4)[nH]c(=O)c23)s1. The average molecular weight is 383 g/mol. The molecular formula is C20H20N3OS2+. The number of nitrogens with zero attached hydrogens (tertiary/aromatic N) is 1. The van der Waals surface area contributed by atoms with E-state index < -0.39 is 0 Å². The van der Waals surface area contributed by atoms with Gasteiger partial charge in [-0.05, 0) is 26.0 Å². The maximum Gasteiger partial charge on any atom is 0.260 e. The van der Waals surface area contributed by atoms with Crippen LogP contribution < -0.4 is 10.9 Å². The molecule has 0 radical (unpaired) electrons. The highest BCUT2D eigenvalue weighted by Gasteiger charge is 2.15. The zero-order chi connectivity index (χ0) is 18.1. The summed E-state index contributed by atoms with van der Waals surface area (Å²) in [7, 11) is 0. The summed E-state index contributed by atoms with van der Waals surface area (Å²) in [5, 5.41) is 4.94. The molecule has 3 N–H and O–H groups in total. The van der Waals surface area contributed by atoms with Gasteiger partial charge in [0, 0.05) is 26.3 Å². The van der Waals surface area contributed by atoms with E-state index in [0.29, 0.717) is 18.0 Å². The number of benzene rings is 1. The monoisotopic (exact) mass is 382 g/mol. The van der Waals surface area contributed by atoms with E-state index in [4.69, 9.17) is 4.98 Å². The highest BCUT2D eigenvalue weighted by Crippen LogP contribution is 2.34. The van der Waals surface area contributed by atoms with Crippen LogP contribution in [0.3, 0.4) is 0 Å². The third kappa shape index (κ3) is 3.35. The van der Waals surface area contributed by atoms with E-state index in [9.17, 15) is 4.79 Å². The molecule has 0 aliphatic heterocycles. The molecule has 1 atom stereocenters. The average Bonchev–Trinajstić information content (AvgIpc) is 3.26. The van der Waals surface area contributed by atoms with Crippen LogP contribution in [-0.2, 0) is 6.54 Å². The number of aromatic amines is 1. The fourth-order valence-electron chi connectivity index (χ4n) is 3.03. The number of thiophene rings is 2. The fraction of sp³-hybridized carbons (Fsp3) is 0.200. The van der Waals surface area contributed by atoms with Gasteiger partial charge in [0.25, 0.3) is 5.56 Å². The Morgan fingerprint density at radius 3 is 2.73 bits per heavy atom. The Hall–Kier alpha value is -2.28. The minimum absolute atomic E-state index is 0.0481. The Morgan fingerprint density at radius 1 is 1.19 bits per heavy atom. The Kier molecular flexibility index (Phi) is 4.72. The molecule has 4 rings (SSSR count). The van der Waals surface area contributed by atoms with Crippen molar-refractivity contribution in [2.24, 2.45) is 0 Å². The number of nitrogens with two attached hydrogens (primary N) is 1. The third-order valence-electron chi connectivity index (χ3n) is 4.49. The summed E-state index contributed by atoms with van der Waals surface area (Å²) in [6, 6.07) is 14.8. The maximum atomic E-state index is 12.7. The van der Waals surface area contributed by atoms with Crippen molar-refractivity contribution in [1.29, 1.82) is 0 Å². The number of rotatable bonds is 5. The lowest BCUT2D eigenvalue weighted by Crippen LogP contribution is -2.83. The second-order valence-electron chi connectivity index (χ2n) is 6.39. The van der Waals surface area contributed by atoms with Gasteiger partial charge in [-0.25, -0.2) is 4.98 Å². The zero-order valence-corrected chi connectivity index (χ0v) is 16.3. The van der Waals surface area contributed by atoms with E-state index in [1.165, 1.54) is 21.8 Å². The summed E-state index contributed by atoms with van der Waals surface area (Å²) >= 11 is 3.24. The van der Waals surface area contributed by atoms with E-state index >= 15 is 0 Å². The highest BCUT2D eigenvalue weighted by molar-refractivity contribution is 7.19. The molecule has 6 heteroatoms. The molecule has 0 spiro atoms. The van der Waals surface area contributed by atoms with Crippen molar-refractivity contribution < 1.29 is 5.32 Å². The van der Waals surface area contributed by atoms with Crippen molar-refractivity contribution in [1.82, 2.24) is 9.97 Å². The molecule has 0 saturated carbocycles. The number of aryl methyl sites for hydroxylation is 1. The van der Waals surface area contributed by atoms with Gasteiger partial charge >= 0.3 is 0 Å². The number of aromatic nitrogens is 2. The first-order valence-corrected chi connectivity index (χ1v) is 10.3. The molecule has 0 fully saturated rings. The van der Waals surface area contributed by atoms with Crippen LogP contribution in [0.4, 0.5) is 0 Å². The number of fused-ring (bicyclic) bond motifs is 1. The molecule has 0 aliphatic carbocycles. The van der Waals surface area contributed by atoms with Crippen LogP contribution >= 0.6 is 22.7 Å². The smallest absolute Gasteiger partial charge is 0.260 e. The summed E-state index contributed by atoms with van der Waals surface area (Å²) in [6.07, 6.45) is 0. The van der Waals surface area contributed by atoms with E-state index in [1.807, 2.05) is 23.6 Å². The van der Waals surface area contributed by atoms with Gasteiger partial charge in [0.2, 0.25) is 0 Å². The molecule has 132 valence electrons. The molecule has 0 bridgehead atoms. The number of hydrogen-bond acceptors (Lipinski definition) is 4. The summed E-state index contributed by atoms with van der Waals surface area (Å²) in [6.45, 7) is 4.88. The molecule has 0 saturated heterocycles. The van der Waals surface area contributed by atoms with Crippen LogP contribution in [0.1, 0.15) is 29.2 Å². The lowest BCUT2D eigenvalue weighted by Gasteiger charge is -2.10. The summed E-state index contributed by atoms with van der Waals surface area (Å²) in [5.41, 5.74) is 2.21. The maximum absolute atomic E-state index is 12.7. The summed E-state index contributed by atoms with van der Waals surface area (Å²) in [4.78, 5) is 23.5. The lowest BCUT2D eigenvalue weighted by atomic mass is 10.1. The predicted octanol–water partition coefficient (Wildman–Crippen LogP) is 3.85. The molecule has 4 aromatic rings. The zero-order valence-electron chi connectivity index (χ0n) is 14.7. The predicted molar refractivity (Wildman–Crippen MR) is 109 cm³/mol. The molecule has 3 heterocycles. The standard InChI is InChI=1S/C20H19N3OS2/c1-12-8-9-16(26-12)15-11-25-20-18(15)19(24)22-17(23-20)10-21-13(2)14-6-4-3-5-7-14/h3-9,11,13,21H,10H2,1-2H3,(H,22,23,24)/p+1/t13-/m1/s1. The Morgan fingerprint density at radius 2 is 2.00 bits per heavy atom. The van der Waals surface area contributed by atoms with Crippen LogP contribution in [0, 0.1) is 6.92 Å². The molecule has 26 heavy (non-hydrogen) atoms. The van der Waals surface area contributed by atoms with Crippen molar-refractivity contribution in [3.8, 4) is 10.4 Å². The third-order valence-corrected chi connectivity index (χ3v) is 6.40. The topological polar surface area (TPSA) is 62.4 Å². The number of quaternary nitrogens is 1. The van der Waals surface area contributed by atoms with E-state index in [-0.39, 0.29) is 5.56 Å². The van der Waals surface area contributed by atoms with Crippen molar-refractivity contribution in [2.45, 2.75) is 26.4 Å². The van der Waals surface area contributed by atoms with Crippen molar-refractivity contribution in [3.63, 3.8) is 0 Å². The highest BCUT2D eigenvalue weighted by atomic mass is 32.1. The summed E-state index contributed by atoms with van der Waals surface area (Å²) < 4.78 is 0. The number of nitrogens with one attached hydrogen (secondary N) is 1. The first-order chi connectivity index (χ1) is 12.6. The van der Waals surface area contributed by atoms with Gasteiger partial charge in [-0.1, -0.05) is 30.3 Å². The minimum atomic E-state index is -0.0481. The molecule has 0 aliphatic rings. The van der Waals surface area contributed by atoms with Crippen LogP contribution in [0.5, 0.6) is 0 Å². The first kappa shape index (κ1) is 17.1. The van der Waals surface area contributed by atoms with E-state index in [1.54, 1.807) is 11.3 Å².